The summed E-state index contributed by atoms with van der Waals surface area (Å²) in [5.74, 6) is -3.68. The highest BCUT2D eigenvalue weighted by atomic mass is 28.4. The highest BCUT2D eigenvalue weighted by Crippen LogP contribution is 2.45. The van der Waals surface area contributed by atoms with Gasteiger partial charge in [0.05, 0.1) is 0 Å². The molecule has 2 aromatic rings. The fourth-order valence-corrected chi connectivity index (χ4v) is 3.93. The van der Waals surface area contributed by atoms with Crippen molar-refractivity contribution in [2.75, 3.05) is 6.61 Å². The first-order chi connectivity index (χ1) is 11.7. The first-order valence-electron chi connectivity index (χ1n) is 9.11. The minimum absolute atomic E-state index is 0.140. The van der Waals surface area contributed by atoms with Gasteiger partial charge in [-0.05, 0) is 30.1 Å². The zero-order valence-electron chi connectivity index (χ0n) is 16.9. The predicted octanol–water partition coefficient (Wildman–Crippen LogP) is 5.64. The van der Waals surface area contributed by atoms with Crippen LogP contribution in [0.2, 0.25) is 18.1 Å². The Balaban J connectivity index is 2.44. The summed E-state index contributed by atoms with van der Waals surface area (Å²) in [6, 6.07) is 7.40. The molecule has 0 saturated heterocycles. The zero-order valence-corrected chi connectivity index (χ0v) is 17.9. The Hall–Kier alpha value is -1.24. The van der Waals surface area contributed by atoms with E-state index >= 15 is 8.78 Å². The van der Waals surface area contributed by atoms with E-state index in [9.17, 15) is 0 Å². The normalized spacial score (nSPS) is 16.3. The van der Waals surface area contributed by atoms with E-state index in [0.29, 0.717) is 5.56 Å². The Morgan fingerprint density at radius 3 is 2.27 bits per heavy atom. The van der Waals surface area contributed by atoms with Gasteiger partial charge >= 0.3 is 0 Å². The molecular weight excluding hydrogens is 350 g/mol. The molecule has 1 atom stereocenters. The van der Waals surface area contributed by atoms with Gasteiger partial charge in [-0.25, -0.2) is 8.78 Å². The van der Waals surface area contributed by atoms with E-state index in [4.69, 9.17) is 10.2 Å². The molecule has 6 heteroatoms. The van der Waals surface area contributed by atoms with Gasteiger partial charge in [0, 0.05) is 22.7 Å². The van der Waals surface area contributed by atoms with Crippen LogP contribution in [0.4, 0.5) is 8.78 Å². The molecule has 1 aromatic heterocycles. The number of hydrogen-bond acceptors (Lipinski definition) is 2. The third-order valence-electron chi connectivity index (χ3n) is 5.97. The minimum atomic E-state index is -3.21. The number of aromatic nitrogens is 1. The third kappa shape index (κ3) is 3.47. The number of nitrogens with two attached hydrogens (primary N) is 1. The van der Waals surface area contributed by atoms with E-state index in [2.05, 4.69) is 4.98 Å². The molecule has 1 heterocycles. The van der Waals surface area contributed by atoms with E-state index in [1.807, 2.05) is 58.1 Å². The number of H-pyrrole nitrogens is 1. The van der Waals surface area contributed by atoms with Crippen LogP contribution in [0.3, 0.4) is 0 Å². The van der Waals surface area contributed by atoms with Crippen molar-refractivity contribution < 1.29 is 13.2 Å². The Kier molecular flexibility index (Phi) is 5.45. The van der Waals surface area contributed by atoms with Crippen LogP contribution in [-0.2, 0) is 9.96 Å². The van der Waals surface area contributed by atoms with Gasteiger partial charge in [-0.3, -0.25) is 0 Å². The average Bonchev–Trinajstić information content (AvgIpc) is 2.95. The second-order valence-corrected chi connectivity index (χ2v) is 13.8. The van der Waals surface area contributed by atoms with E-state index in [1.165, 1.54) is 0 Å². The molecule has 0 aliphatic carbocycles. The maximum absolute atomic E-state index is 15.5. The molecule has 1 unspecified atom stereocenters. The summed E-state index contributed by atoms with van der Waals surface area (Å²) in [5.41, 5.74) is 5.87. The molecule has 1 aromatic carbocycles. The number of fused-ring (bicyclic) bond motifs is 1. The number of alkyl halides is 2. The highest BCUT2D eigenvalue weighted by Gasteiger charge is 2.56. The van der Waals surface area contributed by atoms with Gasteiger partial charge < -0.3 is 15.1 Å². The number of rotatable bonds is 6. The molecule has 0 aliphatic rings. The number of hydrogen-bond donors (Lipinski definition) is 2. The lowest BCUT2D eigenvalue weighted by molar-refractivity contribution is -0.125. The largest absolute Gasteiger partial charge is 0.411 e. The first kappa shape index (κ1) is 21.1. The molecule has 0 aliphatic heterocycles. The van der Waals surface area contributed by atoms with Crippen LogP contribution in [0.25, 0.3) is 10.9 Å². The van der Waals surface area contributed by atoms with Crippen molar-refractivity contribution in [1.29, 1.82) is 0 Å². The second-order valence-electron chi connectivity index (χ2n) is 9.03. The van der Waals surface area contributed by atoms with E-state index < -0.39 is 32.3 Å². The van der Waals surface area contributed by atoms with Crippen LogP contribution in [0, 0.1) is 5.92 Å². The molecule has 3 nitrogen and oxygen atoms in total. The van der Waals surface area contributed by atoms with Crippen molar-refractivity contribution in [3.05, 3.63) is 36.0 Å². The molecule has 0 saturated carbocycles. The lowest BCUT2D eigenvalue weighted by Crippen LogP contribution is -2.60. The molecule has 0 fully saturated rings. The predicted molar refractivity (Wildman–Crippen MR) is 107 cm³/mol. The highest BCUT2D eigenvalue weighted by molar-refractivity contribution is 6.74. The fourth-order valence-electron chi connectivity index (χ4n) is 2.95. The van der Waals surface area contributed by atoms with Crippen LogP contribution < -0.4 is 5.73 Å². The smallest absolute Gasteiger partial charge is 0.291 e. The summed E-state index contributed by atoms with van der Waals surface area (Å²) in [4.78, 5) is 3.07. The van der Waals surface area contributed by atoms with Gasteiger partial charge in [-0.2, -0.15) is 0 Å². The summed E-state index contributed by atoms with van der Waals surface area (Å²) < 4.78 is 36.8. The Bertz CT molecular complexity index is 765. The van der Waals surface area contributed by atoms with Gasteiger partial charge in [0.25, 0.3) is 5.92 Å². The van der Waals surface area contributed by atoms with Gasteiger partial charge in [0.15, 0.2) is 8.32 Å². The summed E-state index contributed by atoms with van der Waals surface area (Å²) in [5, 5.41) is 0.592. The minimum Gasteiger partial charge on any atom is -0.411 e. The van der Waals surface area contributed by atoms with Crippen molar-refractivity contribution >= 4 is 19.2 Å². The van der Waals surface area contributed by atoms with Gasteiger partial charge in [0.2, 0.25) is 0 Å². The standard InChI is InChI=1S/C20H32F2N2OSi/c1-14(2)20(23,16-12-24-17-11-9-8-10-15(16)17)19(21,22)13-25-26(6,7)18(3,4)5/h8-12,14,24H,13,23H2,1-7H3. The van der Waals surface area contributed by atoms with E-state index in [-0.39, 0.29) is 5.04 Å². The number of nitrogens with one attached hydrogen (secondary N) is 1. The molecule has 26 heavy (non-hydrogen) atoms. The van der Waals surface area contributed by atoms with Crippen LogP contribution >= 0.6 is 0 Å². The van der Waals surface area contributed by atoms with Crippen molar-refractivity contribution in [1.82, 2.24) is 4.98 Å². The maximum atomic E-state index is 15.5. The quantitative estimate of drug-likeness (QED) is 0.636. The van der Waals surface area contributed by atoms with Gasteiger partial charge in [-0.1, -0.05) is 52.8 Å². The van der Waals surface area contributed by atoms with Gasteiger partial charge in [-0.15, -0.1) is 0 Å². The maximum Gasteiger partial charge on any atom is 0.291 e. The first-order valence-corrected chi connectivity index (χ1v) is 12.0. The van der Waals surface area contributed by atoms with E-state index in [1.54, 1.807) is 20.0 Å². The molecule has 3 N–H and O–H groups in total. The van der Waals surface area contributed by atoms with Crippen molar-refractivity contribution in [2.45, 2.75) is 64.2 Å². The molecule has 0 radical (unpaired) electrons. The lowest BCUT2D eigenvalue weighted by atomic mass is 9.75. The second kappa shape index (κ2) is 6.73. The zero-order chi connectivity index (χ0) is 20.0. The Labute approximate surface area is 156 Å². The SMILES string of the molecule is CC(C)C(N)(c1c[nH]c2ccccc12)C(F)(F)CO[Si](C)(C)C(C)(C)C. The van der Waals surface area contributed by atoms with Crippen LogP contribution in [-0.4, -0.2) is 25.8 Å². The van der Waals surface area contributed by atoms with Crippen molar-refractivity contribution in [2.24, 2.45) is 11.7 Å². The number of benzene rings is 1. The monoisotopic (exact) mass is 382 g/mol. The molecule has 0 amide bonds. The van der Waals surface area contributed by atoms with Crippen LogP contribution in [0.15, 0.2) is 30.5 Å². The summed E-state index contributed by atoms with van der Waals surface area (Å²) in [7, 11) is -2.31. The van der Waals surface area contributed by atoms with Gasteiger partial charge in [0.1, 0.15) is 12.1 Å². The van der Waals surface area contributed by atoms with E-state index in [0.717, 1.165) is 10.9 Å². The summed E-state index contributed by atoms with van der Waals surface area (Å²) in [6.07, 6.45) is 1.62. The molecule has 146 valence electrons. The molecule has 0 spiro atoms. The summed E-state index contributed by atoms with van der Waals surface area (Å²) in [6.45, 7) is 12.9. The molecule has 0 bridgehead atoms. The number of para-hydroxylation sites is 1. The summed E-state index contributed by atoms with van der Waals surface area (Å²) >= 11 is 0. The lowest BCUT2D eigenvalue weighted by Gasteiger charge is -2.43. The molecular formula is C20H32F2N2OSi. The van der Waals surface area contributed by atoms with Crippen molar-refractivity contribution in [3.63, 3.8) is 0 Å². The topological polar surface area (TPSA) is 51.0 Å². The average molecular weight is 383 g/mol. The fraction of sp³-hybridized carbons (Fsp3) is 0.600. The Morgan fingerprint density at radius 2 is 1.73 bits per heavy atom. The van der Waals surface area contributed by atoms with Crippen LogP contribution in [0.5, 0.6) is 0 Å². The van der Waals surface area contributed by atoms with Crippen LogP contribution in [0.1, 0.15) is 40.2 Å². The van der Waals surface area contributed by atoms with Crippen molar-refractivity contribution in [3.8, 4) is 0 Å². The third-order valence-corrected chi connectivity index (χ3v) is 10.4. The number of halogens is 2. The number of aromatic amines is 1. The molecule has 2 rings (SSSR count). The Morgan fingerprint density at radius 1 is 1.15 bits per heavy atom.